The Balaban J connectivity index is 2.00. The van der Waals surface area contributed by atoms with Crippen LogP contribution in [0.3, 0.4) is 0 Å². The molecule has 7 nitrogen and oxygen atoms in total. The summed E-state index contributed by atoms with van der Waals surface area (Å²) in [6.07, 6.45) is -0.960. The number of hydrogen-bond acceptors (Lipinski definition) is 5. The van der Waals surface area contributed by atoms with Gasteiger partial charge in [-0.3, -0.25) is 9.59 Å². The maximum atomic E-state index is 12.3. The van der Waals surface area contributed by atoms with Crippen LogP contribution in [0.15, 0.2) is 47.4 Å². The first-order valence-corrected chi connectivity index (χ1v) is 10.5. The van der Waals surface area contributed by atoms with E-state index in [1.165, 1.54) is 39.2 Å². The SMILES string of the molecule is Cc1ccc(CC(=O)O[C@@H](C)C(=O)Nc2cccc(S(=O)(=O)N(C)C)c2)cc1C. The van der Waals surface area contributed by atoms with E-state index < -0.39 is 28.0 Å². The molecule has 1 N–H and O–H groups in total. The van der Waals surface area contributed by atoms with Crippen LogP contribution in [0, 0.1) is 13.8 Å². The topological polar surface area (TPSA) is 92.8 Å². The molecule has 8 heteroatoms. The number of amides is 1. The number of carbonyl (C=O) groups is 2. The summed E-state index contributed by atoms with van der Waals surface area (Å²) >= 11 is 0. The van der Waals surface area contributed by atoms with Crippen molar-refractivity contribution in [1.29, 1.82) is 0 Å². The zero-order valence-electron chi connectivity index (χ0n) is 17.2. The van der Waals surface area contributed by atoms with E-state index in [4.69, 9.17) is 4.74 Å². The molecule has 0 aromatic heterocycles. The third-order valence-corrected chi connectivity index (χ3v) is 6.29. The second-order valence-corrected chi connectivity index (χ2v) is 9.18. The molecule has 0 aliphatic heterocycles. The second kappa shape index (κ2) is 9.19. The number of aryl methyl sites for hydroxylation is 2. The van der Waals surface area contributed by atoms with Gasteiger partial charge in [0.05, 0.1) is 11.3 Å². The van der Waals surface area contributed by atoms with Gasteiger partial charge in [-0.2, -0.15) is 0 Å². The Kier molecular flexibility index (Phi) is 7.16. The minimum absolute atomic E-state index is 0.0553. The predicted octanol–water partition coefficient (Wildman–Crippen LogP) is 2.67. The van der Waals surface area contributed by atoms with Crippen molar-refractivity contribution >= 4 is 27.6 Å². The average molecular weight is 419 g/mol. The minimum Gasteiger partial charge on any atom is -0.452 e. The van der Waals surface area contributed by atoms with Crippen LogP contribution in [-0.4, -0.2) is 44.8 Å². The lowest BCUT2D eigenvalue weighted by atomic mass is 10.0. The molecule has 0 aliphatic carbocycles. The third kappa shape index (κ3) is 5.88. The molecule has 0 bridgehead atoms. The summed E-state index contributed by atoms with van der Waals surface area (Å²) in [5.74, 6) is -1.06. The molecule has 0 spiro atoms. The Labute approximate surface area is 171 Å². The van der Waals surface area contributed by atoms with Gasteiger partial charge in [0.1, 0.15) is 0 Å². The Bertz CT molecular complexity index is 1020. The van der Waals surface area contributed by atoms with E-state index in [0.29, 0.717) is 5.69 Å². The summed E-state index contributed by atoms with van der Waals surface area (Å²) in [5, 5.41) is 2.58. The molecule has 0 unspecified atom stereocenters. The third-order valence-electron chi connectivity index (χ3n) is 4.48. The van der Waals surface area contributed by atoms with Gasteiger partial charge < -0.3 is 10.1 Å². The van der Waals surface area contributed by atoms with Gasteiger partial charge in [-0.15, -0.1) is 0 Å². The quantitative estimate of drug-likeness (QED) is 0.698. The number of hydrogen-bond donors (Lipinski definition) is 1. The molecule has 1 atom stereocenters. The van der Waals surface area contributed by atoms with Crippen molar-refractivity contribution in [2.24, 2.45) is 0 Å². The van der Waals surface area contributed by atoms with Crippen LogP contribution in [0.5, 0.6) is 0 Å². The number of carbonyl (C=O) groups excluding carboxylic acids is 2. The number of ether oxygens (including phenoxy) is 1. The van der Waals surface area contributed by atoms with E-state index in [-0.39, 0.29) is 11.3 Å². The van der Waals surface area contributed by atoms with Gasteiger partial charge in [-0.05, 0) is 55.7 Å². The summed E-state index contributed by atoms with van der Waals surface area (Å²) < 4.78 is 30.7. The molecule has 29 heavy (non-hydrogen) atoms. The Morgan fingerprint density at radius 2 is 1.76 bits per heavy atom. The number of nitrogens with zero attached hydrogens (tertiary/aromatic N) is 1. The summed E-state index contributed by atoms with van der Waals surface area (Å²) in [6.45, 7) is 5.42. The number of rotatable bonds is 7. The molecule has 0 aliphatic rings. The highest BCUT2D eigenvalue weighted by molar-refractivity contribution is 7.89. The van der Waals surface area contributed by atoms with E-state index in [2.05, 4.69) is 5.32 Å². The molecule has 0 heterocycles. The lowest BCUT2D eigenvalue weighted by molar-refractivity contribution is -0.152. The van der Waals surface area contributed by atoms with Crippen molar-refractivity contribution in [3.63, 3.8) is 0 Å². The highest BCUT2D eigenvalue weighted by atomic mass is 32.2. The maximum absolute atomic E-state index is 12.3. The lowest BCUT2D eigenvalue weighted by Crippen LogP contribution is -2.30. The van der Waals surface area contributed by atoms with Crippen LogP contribution in [0.4, 0.5) is 5.69 Å². The normalized spacial score (nSPS) is 12.5. The highest BCUT2D eigenvalue weighted by Crippen LogP contribution is 2.18. The molecule has 0 saturated carbocycles. The van der Waals surface area contributed by atoms with Crippen LogP contribution < -0.4 is 5.32 Å². The van der Waals surface area contributed by atoms with Gasteiger partial charge >= 0.3 is 5.97 Å². The molecule has 2 aromatic carbocycles. The van der Waals surface area contributed by atoms with Gasteiger partial charge in [0.25, 0.3) is 5.91 Å². The molecular weight excluding hydrogens is 392 g/mol. The molecule has 2 aromatic rings. The van der Waals surface area contributed by atoms with Crippen molar-refractivity contribution < 1.29 is 22.7 Å². The van der Waals surface area contributed by atoms with Crippen molar-refractivity contribution in [3.8, 4) is 0 Å². The molecule has 1 amide bonds. The number of sulfonamides is 1. The van der Waals surface area contributed by atoms with Crippen molar-refractivity contribution in [2.75, 3.05) is 19.4 Å². The van der Waals surface area contributed by atoms with Gasteiger partial charge in [-0.25, -0.2) is 12.7 Å². The highest BCUT2D eigenvalue weighted by Gasteiger charge is 2.20. The van der Waals surface area contributed by atoms with Crippen LogP contribution in [0.2, 0.25) is 0 Å². The predicted molar refractivity (Wildman–Crippen MR) is 111 cm³/mol. The van der Waals surface area contributed by atoms with E-state index >= 15 is 0 Å². The fourth-order valence-electron chi connectivity index (χ4n) is 2.56. The van der Waals surface area contributed by atoms with Crippen molar-refractivity contribution in [2.45, 2.75) is 38.2 Å². The Hall–Kier alpha value is -2.71. The first-order valence-electron chi connectivity index (χ1n) is 9.10. The van der Waals surface area contributed by atoms with Gasteiger partial charge in [0, 0.05) is 19.8 Å². The van der Waals surface area contributed by atoms with E-state index in [0.717, 1.165) is 21.0 Å². The van der Waals surface area contributed by atoms with Crippen LogP contribution >= 0.6 is 0 Å². The first-order chi connectivity index (χ1) is 13.5. The molecule has 2 rings (SSSR count). The molecule has 0 saturated heterocycles. The van der Waals surface area contributed by atoms with Gasteiger partial charge in [-0.1, -0.05) is 24.3 Å². The fraction of sp³-hybridized carbons (Fsp3) is 0.333. The number of esters is 1. The van der Waals surface area contributed by atoms with Crippen molar-refractivity contribution in [3.05, 3.63) is 59.2 Å². The van der Waals surface area contributed by atoms with Crippen LogP contribution in [-0.2, 0) is 30.8 Å². The largest absolute Gasteiger partial charge is 0.452 e. The molecule has 0 radical (unpaired) electrons. The van der Waals surface area contributed by atoms with Crippen molar-refractivity contribution in [1.82, 2.24) is 4.31 Å². The summed E-state index contributed by atoms with van der Waals surface area (Å²) in [6, 6.07) is 11.6. The smallest absolute Gasteiger partial charge is 0.311 e. The van der Waals surface area contributed by atoms with E-state index in [1.54, 1.807) is 6.07 Å². The monoisotopic (exact) mass is 418 g/mol. The standard InChI is InChI=1S/C21H26N2O5S/c1-14-9-10-17(11-15(14)2)12-20(24)28-16(3)21(25)22-18-7-6-8-19(13-18)29(26,27)23(4)5/h6-11,13,16H,12H2,1-5H3,(H,22,25)/t16-/m0/s1. The van der Waals surface area contributed by atoms with E-state index in [1.807, 2.05) is 32.0 Å². The zero-order valence-corrected chi connectivity index (χ0v) is 18.0. The average Bonchev–Trinajstić information content (AvgIpc) is 2.64. The van der Waals surface area contributed by atoms with Gasteiger partial charge in [0.15, 0.2) is 6.10 Å². The van der Waals surface area contributed by atoms with Crippen LogP contribution in [0.25, 0.3) is 0 Å². The number of benzene rings is 2. The minimum atomic E-state index is -3.62. The van der Waals surface area contributed by atoms with E-state index in [9.17, 15) is 18.0 Å². The first kappa shape index (κ1) is 22.6. The molecule has 156 valence electrons. The number of anilines is 1. The summed E-state index contributed by atoms with van der Waals surface area (Å²) in [5.41, 5.74) is 3.32. The summed E-state index contributed by atoms with van der Waals surface area (Å²) in [4.78, 5) is 24.6. The Morgan fingerprint density at radius 1 is 1.07 bits per heavy atom. The zero-order chi connectivity index (χ0) is 21.8. The van der Waals surface area contributed by atoms with Crippen LogP contribution in [0.1, 0.15) is 23.6 Å². The lowest BCUT2D eigenvalue weighted by Gasteiger charge is -2.15. The molecule has 0 fully saturated rings. The fourth-order valence-corrected chi connectivity index (χ4v) is 3.51. The Morgan fingerprint density at radius 3 is 2.38 bits per heavy atom. The summed E-state index contributed by atoms with van der Waals surface area (Å²) in [7, 11) is -0.763. The maximum Gasteiger partial charge on any atom is 0.311 e. The second-order valence-electron chi connectivity index (χ2n) is 7.03. The molecular formula is C21H26N2O5S. The van der Waals surface area contributed by atoms with Gasteiger partial charge in [0.2, 0.25) is 10.0 Å². The number of nitrogens with one attached hydrogen (secondary N) is 1.